The third-order valence-electron chi connectivity index (χ3n) is 2.63. The van der Waals surface area contributed by atoms with Crippen molar-refractivity contribution < 1.29 is 13.5 Å². The fraction of sp³-hybridized carbons (Fsp3) is 0.417. The van der Waals surface area contributed by atoms with Gasteiger partial charge in [-0.2, -0.15) is 8.78 Å². The fourth-order valence-electron chi connectivity index (χ4n) is 1.91. The van der Waals surface area contributed by atoms with E-state index in [0.717, 1.165) is 31.6 Å². The van der Waals surface area contributed by atoms with E-state index < -0.39 is 6.61 Å². The third-order valence-corrected chi connectivity index (χ3v) is 2.63. The number of piperidine rings is 1. The summed E-state index contributed by atoms with van der Waals surface area (Å²) in [7, 11) is 0. The molecule has 0 amide bonds. The molecule has 1 aromatic carbocycles. The van der Waals surface area contributed by atoms with Crippen molar-refractivity contribution in [3.8, 4) is 5.75 Å². The Morgan fingerprint density at radius 1 is 1.12 bits per heavy atom. The van der Waals surface area contributed by atoms with Crippen LogP contribution in [0, 0.1) is 6.42 Å². The molecule has 1 aliphatic heterocycles. The minimum atomic E-state index is -2.77. The molecule has 1 saturated heterocycles. The van der Waals surface area contributed by atoms with Crippen LogP contribution < -0.4 is 9.64 Å². The van der Waals surface area contributed by atoms with Crippen LogP contribution in [-0.4, -0.2) is 19.7 Å². The minimum Gasteiger partial charge on any atom is -0.433 e. The van der Waals surface area contributed by atoms with Gasteiger partial charge < -0.3 is 9.64 Å². The third kappa shape index (κ3) is 2.62. The van der Waals surface area contributed by atoms with Crippen molar-refractivity contribution in [3.05, 3.63) is 30.7 Å². The van der Waals surface area contributed by atoms with Crippen LogP contribution in [0.4, 0.5) is 14.5 Å². The lowest BCUT2D eigenvalue weighted by atomic mass is 10.1. The molecule has 0 aliphatic carbocycles. The highest BCUT2D eigenvalue weighted by Crippen LogP contribution is 2.30. The van der Waals surface area contributed by atoms with Gasteiger partial charge in [0.05, 0.1) is 5.69 Å². The predicted molar refractivity (Wildman–Crippen MR) is 58.8 cm³/mol. The number of benzene rings is 1. The topological polar surface area (TPSA) is 12.5 Å². The van der Waals surface area contributed by atoms with Crippen LogP contribution in [0.3, 0.4) is 0 Å². The molecule has 0 N–H and O–H groups in total. The number of para-hydroxylation sites is 2. The van der Waals surface area contributed by atoms with E-state index >= 15 is 0 Å². The minimum absolute atomic E-state index is 0.263. The zero-order chi connectivity index (χ0) is 11.4. The number of halogens is 2. The quantitative estimate of drug-likeness (QED) is 0.785. The van der Waals surface area contributed by atoms with Crippen molar-refractivity contribution >= 4 is 5.69 Å². The van der Waals surface area contributed by atoms with Gasteiger partial charge in [-0.15, -0.1) is 0 Å². The van der Waals surface area contributed by atoms with Gasteiger partial charge >= 0.3 is 6.61 Å². The van der Waals surface area contributed by atoms with E-state index in [2.05, 4.69) is 16.1 Å². The Balaban J connectivity index is 2.17. The summed E-state index contributed by atoms with van der Waals surface area (Å²) >= 11 is 0. The molecule has 0 bridgehead atoms. The average molecular weight is 226 g/mol. The number of hydrogen-bond donors (Lipinski definition) is 0. The number of anilines is 1. The monoisotopic (exact) mass is 226 g/mol. The molecule has 1 radical (unpaired) electrons. The van der Waals surface area contributed by atoms with Gasteiger partial charge in [0.25, 0.3) is 0 Å². The zero-order valence-corrected chi connectivity index (χ0v) is 8.90. The first-order valence-corrected chi connectivity index (χ1v) is 5.38. The predicted octanol–water partition coefficient (Wildman–Crippen LogP) is 3.09. The Morgan fingerprint density at radius 3 is 2.50 bits per heavy atom. The molecule has 87 valence electrons. The van der Waals surface area contributed by atoms with Crippen LogP contribution in [0.1, 0.15) is 12.8 Å². The SMILES string of the molecule is FC(F)Oc1ccccc1N1CC[CH]CC1. The molecule has 16 heavy (non-hydrogen) atoms. The molecular formula is C12H14F2NO. The molecule has 0 saturated carbocycles. The number of nitrogens with zero attached hydrogens (tertiary/aromatic N) is 1. The molecule has 1 aliphatic rings. The Labute approximate surface area is 93.8 Å². The molecule has 1 fully saturated rings. The van der Waals surface area contributed by atoms with E-state index in [1.807, 2.05) is 12.1 Å². The van der Waals surface area contributed by atoms with Gasteiger partial charge in [0, 0.05) is 13.1 Å². The van der Waals surface area contributed by atoms with E-state index in [4.69, 9.17) is 0 Å². The highest BCUT2D eigenvalue weighted by molar-refractivity contribution is 5.58. The van der Waals surface area contributed by atoms with Gasteiger partial charge in [-0.05, 0) is 31.4 Å². The molecule has 4 heteroatoms. The first kappa shape index (κ1) is 11.2. The number of ether oxygens (including phenoxy) is 1. The van der Waals surface area contributed by atoms with Crippen LogP contribution in [0.5, 0.6) is 5.75 Å². The summed E-state index contributed by atoms with van der Waals surface area (Å²) < 4.78 is 29.0. The van der Waals surface area contributed by atoms with Crippen LogP contribution in [0.25, 0.3) is 0 Å². The zero-order valence-electron chi connectivity index (χ0n) is 8.90. The molecule has 0 spiro atoms. The summed E-state index contributed by atoms with van der Waals surface area (Å²) in [6.45, 7) is -1.04. The van der Waals surface area contributed by atoms with E-state index in [1.54, 1.807) is 12.1 Å². The van der Waals surface area contributed by atoms with Gasteiger partial charge in [0.15, 0.2) is 0 Å². The van der Waals surface area contributed by atoms with Crippen LogP contribution >= 0.6 is 0 Å². The fourth-order valence-corrected chi connectivity index (χ4v) is 1.91. The Hall–Kier alpha value is -1.32. The van der Waals surface area contributed by atoms with Crippen molar-refractivity contribution in [2.24, 2.45) is 0 Å². The first-order valence-electron chi connectivity index (χ1n) is 5.38. The smallest absolute Gasteiger partial charge is 0.387 e. The van der Waals surface area contributed by atoms with Crippen molar-refractivity contribution in [1.82, 2.24) is 0 Å². The van der Waals surface area contributed by atoms with Crippen LogP contribution in [0.2, 0.25) is 0 Å². The maximum atomic E-state index is 12.2. The van der Waals surface area contributed by atoms with E-state index in [-0.39, 0.29) is 5.75 Å². The second-order valence-corrected chi connectivity index (χ2v) is 3.70. The number of rotatable bonds is 3. The van der Waals surface area contributed by atoms with Crippen molar-refractivity contribution in [1.29, 1.82) is 0 Å². The summed E-state index contributed by atoms with van der Waals surface area (Å²) in [5.74, 6) is 0.263. The van der Waals surface area contributed by atoms with Crippen molar-refractivity contribution in [2.45, 2.75) is 19.5 Å². The maximum absolute atomic E-state index is 12.2. The molecular weight excluding hydrogens is 212 g/mol. The summed E-state index contributed by atoms with van der Waals surface area (Å²) in [5, 5.41) is 0. The van der Waals surface area contributed by atoms with Gasteiger partial charge in [0.1, 0.15) is 5.75 Å². The second-order valence-electron chi connectivity index (χ2n) is 3.70. The first-order chi connectivity index (χ1) is 7.77. The van der Waals surface area contributed by atoms with Crippen molar-refractivity contribution in [2.75, 3.05) is 18.0 Å². The van der Waals surface area contributed by atoms with E-state index in [1.165, 1.54) is 0 Å². The highest BCUT2D eigenvalue weighted by atomic mass is 19.3. The molecule has 2 rings (SSSR count). The lowest BCUT2D eigenvalue weighted by Gasteiger charge is -2.29. The van der Waals surface area contributed by atoms with Gasteiger partial charge in [-0.25, -0.2) is 0 Å². The summed E-state index contributed by atoms with van der Waals surface area (Å²) in [6, 6.07) is 6.95. The number of hydrogen-bond acceptors (Lipinski definition) is 2. The van der Waals surface area contributed by atoms with Gasteiger partial charge in [0.2, 0.25) is 0 Å². The summed E-state index contributed by atoms with van der Waals surface area (Å²) in [5.41, 5.74) is 0.760. The lowest BCUT2D eigenvalue weighted by Crippen LogP contribution is -2.30. The molecule has 1 heterocycles. The number of alkyl halides is 2. The lowest BCUT2D eigenvalue weighted by molar-refractivity contribution is -0.0495. The molecule has 2 nitrogen and oxygen atoms in total. The van der Waals surface area contributed by atoms with Gasteiger partial charge in [-0.1, -0.05) is 12.1 Å². The van der Waals surface area contributed by atoms with Gasteiger partial charge in [-0.3, -0.25) is 0 Å². The van der Waals surface area contributed by atoms with E-state index in [0.29, 0.717) is 0 Å². The normalized spacial score (nSPS) is 16.6. The molecule has 1 aromatic rings. The molecule has 0 aromatic heterocycles. The summed E-state index contributed by atoms with van der Waals surface area (Å²) in [4.78, 5) is 2.08. The van der Waals surface area contributed by atoms with Crippen LogP contribution in [0.15, 0.2) is 24.3 Å². The molecule has 0 atom stereocenters. The maximum Gasteiger partial charge on any atom is 0.387 e. The Kier molecular flexibility index (Phi) is 3.59. The Bertz CT molecular complexity index is 338. The summed E-state index contributed by atoms with van der Waals surface area (Å²) in [6.07, 6.45) is 4.19. The average Bonchev–Trinajstić information content (AvgIpc) is 2.30. The molecule has 0 unspecified atom stereocenters. The standard InChI is InChI=1S/C12H14F2NO/c13-12(14)16-11-7-3-2-6-10(11)15-8-4-1-5-9-15/h1-3,6-7,12H,4-5,8-9H2. The van der Waals surface area contributed by atoms with Crippen LogP contribution in [-0.2, 0) is 0 Å². The second kappa shape index (κ2) is 5.14. The van der Waals surface area contributed by atoms with Crippen molar-refractivity contribution in [3.63, 3.8) is 0 Å². The Morgan fingerprint density at radius 2 is 1.81 bits per heavy atom. The highest BCUT2D eigenvalue weighted by Gasteiger charge is 2.16. The largest absolute Gasteiger partial charge is 0.433 e. The van der Waals surface area contributed by atoms with E-state index in [9.17, 15) is 8.78 Å².